The summed E-state index contributed by atoms with van der Waals surface area (Å²) in [7, 11) is 0. The predicted octanol–water partition coefficient (Wildman–Crippen LogP) is 3.77. The molecule has 0 amide bonds. The normalized spacial score (nSPS) is 20.2. The molecule has 1 N–H and O–H groups in total. The average molecular weight is 352 g/mol. The van der Waals surface area contributed by atoms with Crippen LogP contribution in [0.3, 0.4) is 0 Å². The number of ether oxygens (including phenoxy) is 2. The van der Waals surface area contributed by atoms with Crippen molar-refractivity contribution in [1.82, 2.24) is 0 Å². The van der Waals surface area contributed by atoms with E-state index in [9.17, 15) is 23.1 Å². The minimum Gasteiger partial charge on any atom is -0.462 e. The highest BCUT2D eigenvalue weighted by atomic mass is 19.4. The zero-order chi connectivity index (χ0) is 18.4. The first-order valence-corrected chi connectivity index (χ1v) is 8.28. The van der Waals surface area contributed by atoms with E-state index in [-0.39, 0.29) is 12.2 Å². The van der Waals surface area contributed by atoms with E-state index >= 15 is 0 Å². The van der Waals surface area contributed by atoms with E-state index in [1.807, 2.05) is 0 Å². The van der Waals surface area contributed by atoms with Crippen molar-refractivity contribution >= 4 is 5.97 Å². The van der Waals surface area contributed by atoms with Gasteiger partial charge in [-0.15, -0.1) is 0 Å². The molecule has 1 saturated carbocycles. The van der Waals surface area contributed by atoms with Crippen LogP contribution in [-0.2, 0) is 14.3 Å². The molecule has 0 bridgehead atoms. The number of carbonyl (C=O) groups is 1. The Morgan fingerprint density at radius 1 is 1.29 bits per heavy atom. The Bertz CT molecular complexity index is 426. The molecule has 4 nitrogen and oxygen atoms in total. The van der Waals surface area contributed by atoms with Crippen LogP contribution < -0.4 is 0 Å². The van der Waals surface area contributed by atoms with Crippen LogP contribution in [0, 0.1) is 5.92 Å². The fourth-order valence-electron chi connectivity index (χ4n) is 2.69. The van der Waals surface area contributed by atoms with Gasteiger partial charge >= 0.3 is 12.1 Å². The minimum atomic E-state index is -4.74. The number of esters is 1. The molecule has 1 fully saturated rings. The van der Waals surface area contributed by atoms with Crippen LogP contribution in [0.25, 0.3) is 0 Å². The van der Waals surface area contributed by atoms with Crippen molar-refractivity contribution < 1.29 is 32.5 Å². The second-order valence-electron chi connectivity index (χ2n) is 6.80. The maximum absolute atomic E-state index is 12.6. The van der Waals surface area contributed by atoms with Crippen LogP contribution in [0.5, 0.6) is 0 Å². The Balaban J connectivity index is 2.30. The number of aliphatic hydroxyl groups is 1. The van der Waals surface area contributed by atoms with Gasteiger partial charge in [0.05, 0.1) is 24.9 Å². The van der Waals surface area contributed by atoms with E-state index in [0.717, 1.165) is 25.7 Å². The lowest BCUT2D eigenvalue weighted by Crippen LogP contribution is -2.44. The molecule has 0 aromatic heterocycles. The average Bonchev–Trinajstić information content (AvgIpc) is 2.49. The molecule has 0 aliphatic heterocycles. The molecular weight excluding hydrogens is 325 g/mol. The van der Waals surface area contributed by atoms with E-state index < -0.39 is 30.3 Å². The monoisotopic (exact) mass is 352 g/mol. The fourth-order valence-corrected chi connectivity index (χ4v) is 2.69. The second-order valence-corrected chi connectivity index (χ2v) is 6.80. The third-order valence-electron chi connectivity index (χ3n) is 4.30. The summed E-state index contributed by atoms with van der Waals surface area (Å²) in [5, 5.41) is 9.41. The van der Waals surface area contributed by atoms with Gasteiger partial charge in [-0.25, -0.2) is 4.79 Å². The molecule has 0 aromatic carbocycles. The van der Waals surface area contributed by atoms with Gasteiger partial charge in [0.2, 0.25) is 0 Å². The molecule has 24 heavy (non-hydrogen) atoms. The van der Waals surface area contributed by atoms with Crippen LogP contribution in [0.2, 0.25) is 0 Å². The molecule has 0 aromatic rings. The summed E-state index contributed by atoms with van der Waals surface area (Å²) >= 11 is 0. The van der Waals surface area contributed by atoms with Gasteiger partial charge < -0.3 is 14.6 Å². The van der Waals surface area contributed by atoms with Crippen LogP contribution in [-0.4, -0.2) is 42.2 Å². The first-order valence-electron chi connectivity index (χ1n) is 8.28. The molecule has 0 heterocycles. The molecule has 1 rings (SSSR count). The van der Waals surface area contributed by atoms with Gasteiger partial charge in [0, 0.05) is 6.42 Å². The summed E-state index contributed by atoms with van der Waals surface area (Å²) in [5.74, 6) is -0.215. The van der Waals surface area contributed by atoms with E-state index in [1.165, 1.54) is 13.3 Å². The van der Waals surface area contributed by atoms with Gasteiger partial charge in [-0.05, 0) is 32.6 Å². The first-order chi connectivity index (χ1) is 11.0. The Kier molecular flexibility index (Phi) is 7.73. The van der Waals surface area contributed by atoms with Gasteiger partial charge in [-0.2, -0.15) is 13.2 Å². The molecule has 0 spiro atoms. The molecule has 0 saturated heterocycles. The lowest BCUT2D eigenvalue weighted by molar-refractivity contribution is -0.261. The molecule has 2 unspecified atom stereocenters. The largest absolute Gasteiger partial charge is 0.462 e. The van der Waals surface area contributed by atoms with Crippen LogP contribution >= 0.6 is 0 Å². The Morgan fingerprint density at radius 3 is 2.42 bits per heavy atom. The van der Waals surface area contributed by atoms with Crippen molar-refractivity contribution in [3.8, 4) is 0 Å². The molecule has 7 heteroatoms. The maximum atomic E-state index is 12.6. The van der Waals surface area contributed by atoms with Crippen LogP contribution in [0.15, 0.2) is 12.2 Å². The van der Waals surface area contributed by atoms with Gasteiger partial charge in [-0.1, -0.05) is 25.8 Å². The third kappa shape index (κ3) is 6.81. The first kappa shape index (κ1) is 21.0. The molecule has 2 atom stereocenters. The summed E-state index contributed by atoms with van der Waals surface area (Å²) < 4.78 is 48.2. The number of hydrogen-bond donors (Lipinski definition) is 1. The third-order valence-corrected chi connectivity index (χ3v) is 4.30. The lowest BCUT2D eigenvalue weighted by atomic mass is 9.90. The van der Waals surface area contributed by atoms with Crippen molar-refractivity contribution in [2.45, 2.75) is 70.3 Å². The highest BCUT2D eigenvalue weighted by Crippen LogP contribution is 2.34. The number of alkyl halides is 3. The molecule has 140 valence electrons. The number of halogens is 3. The standard InChI is InChI=1S/C17H27F3O4/c1-12(15(21)24-11-14-7-5-4-6-8-14)10-23-13(2)9-16(3,22)17(18,19)20/h13-14,22H,1,4-11H2,2-3H3. The summed E-state index contributed by atoms with van der Waals surface area (Å²) in [6.07, 6.45) is -0.665. The van der Waals surface area contributed by atoms with Gasteiger partial charge in [0.1, 0.15) is 0 Å². The highest BCUT2D eigenvalue weighted by Gasteiger charge is 2.50. The number of carbonyl (C=O) groups excluding carboxylic acids is 1. The maximum Gasteiger partial charge on any atom is 0.416 e. The summed E-state index contributed by atoms with van der Waals surface area (Å²) in [4.78, 5) is 11.8. The molecular formula is C17H27F3O4. The highest BCUT2D eigenvalue weighted by molar-refractivity contribution is 5.87. The number of rotatable bonds is 8. The molecule has 1 aliphatic carbocycles. The van der Waals surface area contributed by atoms with Gasteiger partial charge in [0.25, 0.3) is 0 Å². The van der Waals surface area contributed by atoms with E-state index in [2.05, 4.69) is 6.58 Å². The van der Waals surface area contributed by atoms with E-state index in [1.54, 1.807) is 0 Å². The fraction of sp³-hybridized carbons (Fsp3) is 0.824. The van der Waals surface area contributed by atoms with Gasteiger partial charge in [0.15, 0.2) is 5.60 Å². The summed E-state index contributed by atoms with van der Waals surface area (Å²) in [5.41, 5.74) is -2.78. The quantitative estimate of drug-likeness (QED) is 0.534. The SMILES string of the molecule is C=C(COC(C)CC(C)(O)C(F)(F)F)C(=O)OCC1CCCCC1. The Hall–Kier alpha value is -1.08. The minimum absolute atomic E-state index is 0.0595. The van der Waals surface area contributed by atoms with Crippen molar-refractivity contribution in [3.63, 3.8) is 0 Å². The second kappa shape index (κ2) is 8.85. The van der Waals surface area contributed by atoms with Crippen molar-refractivity contribution in [2.24, 2.45) is 5.92 Å². The van der Waals surface area contributed by atoms with E-state index in [0.29, 0.717) is 19.4 Å². The molecule has 0 radical (unpaired) electrons. The Morgan fingerprint density at radius 2 is 1.88 bits per heavy atom. The van der Waals surface area contributed by atoms with Gasteiger partial charge in [-0.3, -0.25) is 0 Å². The topological polar surface area (TPSA) is 55.8 Å². The Labute approximate surface area is 141 Å². The van der Waals surface area contributed by atoms with Crippen molar-refractivity contribution in [2.75, 3.05) is 13.2 Å². The smallest absolute Gasteiger partial charge is 0.416 e. The van der Waals surface area contributed by atoms with E-state index in [4.69, 9.17) is 9.47 Å². The van der Waals surface area contributed by atoms with Crippen molar-refractivity contribution in [3.05, 3.63) is 12.2 Å². The summed E-state index contributed by atoms with van der Waals surface area (Å²) in [6.45, 7) is 5.77. The van der Waals surface area contributed by atoms with Crippen molar-refractivity contribution in [1.29, 1.82) is 0 Å². The zero-order valence-corrected chi connectivity index (χ0v) is 14.3. The number of hydrogen-bond acceptors (Lipinski definition) is 4. The zero-order valence-electron chi connectivity index (χ0n) is 14.3. The van der Waals surface area contributed by atoms with Crippen LogP contribution in [0.4, 0.5) is 13.2 Å². The summed E-state index contributed by atoms with van der Waals surface area (Å²) in [6, 6.07) is 0. The lowest BCUT2D eigenvalue weighted by Gasteiger charge is -2.29. The predicted molar refractivity (Wildman–Crippen MR) is 83.4 cm³/mol. The molecule has 1 aliphatic rings. The van der Waals surface area contributed by atoms with Crippen LogP contribution in [0.1, 0.15) is 52.4 Å².